The molecule has 3 N–H and O–H groups in total. The quantitative estimate of drug-likeness (QED) is 0.449. The Hall–Kier alpha value is -3.48. The minimum atomic E-state index is -1.12. The van der Waals surface area contributed by atoms with Gasteiger partial charge in [-0.1, -0.05) is 42.9 Å². The van der Waals surface area contributed by atoms with E-state index in [1.807, 2.05) is 30.3 Å². The number of benzene rings is 1. The summed E-state index contributed by atoms with van der Waals surface area (Å²) < 4.78 is 23.7. The first-order chi connectivity index (χ1) is 16.8. The lowest BCUT2D eigenvalue weighted by atomic mass is 10.1. The van der Waals surface area contributed by atoms with Crippen LogP contribution >= 0.6 is 0 Å². The standard InChI is InChI=1S/C23H30N6O6.CH4/c1-23(2,24)20(30)25-18(15-33-12-16-6-4-3-5-7-16)19-26-27-21-29(19)17(13-34-21)14-35-22(31)28-8-10-32-11-9-28;/h3-7,13,18H,8-12,14-15,24H2,1-2H3,(H,25,30);1H4/t18-;/m1./s1. The fourth-order valence-corrected chi connectivity index (χ4v) is 3.49. The van der Waals surface area contributed by atoms with E-state index in [4.69, 9.17) is 24.4 Å². The smallest absolute Gasteiger partial charge is 0.410 e. The summed E-state index contributed by atoms with van der Waals surface area (Å²) in [6.45, 7) is 5.49. The van der Waals surface area contributed by atoms with E-state index in [2.05, 4.69) is 15.5 Å². The molecule has 1 fully saturated rings. The molecule has 2 aromatic heterocycles. The van der Waals surface area contributed by atoms with Gasteiger partial charge in [0.05, 0.1) is 32.0 Å². The fourth-order valence-electron chi connectivity index (χ4n) is 3.49. The summed E-state index contributed by atoms with van der Waals surface area (Å²) in [4.78, 5) is 26.7. The SMILES string of the molecule is C.CC(C)(N)C(=O)N[C@H](COCc1ccccc1)c1nnc2occ(COC(=O)N3CCOCC3)n12. The van der Waals surface area contributed by atoms with Crippen molar-refractivity contribution in [2.45, 2.75) is 46.1 Å². The highest BCUT2D eigenvalue weighted by Gasteiger charge is 2.29. The van der Waals surface area contributed by atoms with Crippen molar-refractivity contribution in [3.05, 3.63) is 53.7 Å². The van der Waals surface area contributed by atoms with Gasteiger partial charge in [-0.25, -0.2) is 9.20 Å². The molecule has 0 bridgehead atoms. The number of nitrogens with one attached hydrogen (secondary N) is 1. The number of hydrogen-bond donors (Lipinski definition) is 2. The third kappa shape index (κ3) is 6.59. The predicted octanol–water partition coefficient (Wildman–Crippen LogP) is 2.04. The van der Waals surface area contributed by atoms with Crippen LogP contribution < -0.4 is 11.1 Å². The molecule has 3 heterocycles. The molecular weight excluding hydrogens is 468 g/mol. The molecule has 1 saturated heterocycles. The first kappa shape index (κ1) is 27.1. The van der Waals surface area contributed by atoms with Crippen LogP contribution in [0.5, 0.6) is 0 Å². The van der Waals surface area contributed by atoms with Gasteiger partial charge in [-0.15, -0.1) is 5.10 Å². The Balaban J connectivity index is 0.00000361. The number of aromatic nitrogens is 3. The molecule has 0 saturated carbocycles. The molecule has 0 aliphatic carbocycles. The molecule has 1 aliphatic rings. The zero-order valence-electron chi connectivity index (χ0n) is 19.8. The van der Waals surface area contributed by atoms with Crippen molar-refractivity contribution in [1.82, 2.24) is 24.8 Å². The Labute approximate surface area is 209 Å². The molecular formula is C24H34N6O6. The number of amides is 2. The lowest BCUT2D eigenvalue weighted by Crippen LogP contribution is -2.51. The summed E-state index contributed by atoms with van der Waals surface area (Å²) in [7, 11) is 0. The zero-order chi connectivity index (χ0) is 24.8. The van der Waals surface area contributed by atoms with E-state index >= 15 is 0 Å². The van der Waals surface area contributed by atoms with Gasteiger partial charge in [0.15, 0.2) is 5.82 Å². The van der Waals surface area contributed by atoms with E-state index in [1.165, 1.54) is 6.26 Å². The summed E-state index contributed by atoms with van der Waals surface area (Å²) in [5.41, 5.74) is 6.37. The average molecular weight is 503 g/mol. The van der Waals surface area contributed by atoms with Crippen LogP contribution in [0.15, 0.2) is 41.0 Å². The van der Waals surface area contributed by atoms with Gasteiger partial charge in [-0.3, -0.25) is 4.79 Å². The number of nitrogens with zero attached hydrogens (tertiary/aromatic N) is 4. The normalized spacial score (nSPS) is 14.8. The molecule has 12 heteroatoms. The molecule has 0 spiro atoms. The Kier molecular flexibility index (Phi) is 9.02. The second-order valence-electron chi connectivity index (χ2n) is 8.81. The second-order valence-corrected chi connectivity index (χ2v) is 8.81. The number of carbonyl (C=O) groups is 2. The molecule has 1 aliphatic heterocycles. The first-order valence-electron chi connectivity index (χ1n) is 11.4. The molecule has 4 rings (SSSR count). The molecule has 196 valence electrons. The number of oxazole rings is 1. The van der Waals surface area contributed by atoms with Crippen molar-refractivity contribution in [2.24, 2.45) is 5.73 Å². The summed E-state index contributed by atoms with van der Waals surface area (Å²) in [6, 6.07) is 8.98. The van der Waals surface area contributed by atoms with E-state index in [0.717, 1.165) is 5.56 Å². The van der Waals surface area contributed by atoms with E-state index < -0.39 is 17.7 Å². The molecule has 1 atom stereocenters. The number of fused-ring (bicyclic) bond motifs is 1. The van der Waals surface area contributed by atoms with Crippen molar-refractivity contribution in [3.63, 3.8) is 0 Å². The maximum absolute atomic E-state index is 12.7. The molecule has 2 amide bonds. The van der Waals surface area contributed by atoms with Crippen molar-refractivity contribution in [3.8, 4) is 0 Å². The van der Waals surface area contributed by atoms with E-state index in [0.29, 0.717) is 44.4 Å². The van der Waals surface area contributed by atoms with Crippen molar-refractivity contribution in [1.29, 1.82) is 0 Å². The molecule has 36 heavy (non-hydrogen) atoms. The van der Waals surface area contributed by atoms with Crippen LogP contribution in [0.1, 0.15) is 44.4 Å². The summed E-state index contributed by atoms with van der Waals surface area (Å²) in [5, 5.41) is 11.2. The minimum absolute atomic E-state index is 0. The third-order valence-electron chi connectivity index (χ3n) is 5.46. The molecule has 0 unspecified atom stereocenters. The highest BCUT2D eigenvalue weighted by molar-refractivity contribution is 5.85. The van der Waals surface area contributed by atoms with Crippen LogP contribution in [0.2, 0.25) is 0 Å². The van der Waals surface area contributed by atoms with Crippen LogP contribution in [0.4, 0.5) is 4.79 Å². The largest absolute Gasteiger partial charge is 0.443 e. The van der Waals surface area contributed by atoms with Gasteiger partial charge in [0, 0.05) is 13.1 Å². The van der Waals surface area contributed by atoms with Crippen LogP contribution in [0.3, 0.4) is 0 Å². The van der Waals surface area contributed by atoms with Crippen LogP contribution in [0, 0.1) is 0 Å². The van der Waals surface area contributed by atoms with Gasteiger partial charge >= 0.3 is 11.9 Å². The molecule has 1 aromatic carbocycles. The van der Waals surface area contributed by atoms with Gasteiger partial charge in [-0.2, -0.15) is 0 Å². The van der Waals surface area contributed by atoms with Gasteiger partial charge < -0.3 is 34.6 Å². The van der Waals surface area contributed by atoms with E-state index in [1.54, 1.807) is 23.1 Å². The fraction of sp³-hybridized carbons (Fsp3) is 0.500. The van der Waals surface area contributed by atoms with Gasteiger partial charge in [0.2, 0.25) is 5.91 Å². The Morgan fingerprint density at radius 1 is 1.17 bits per heavy atom. The van der Waals surface area contributed by atoms with Crippen LogP contribution in [0.25, 0.3) is 5.84 Å². The summed E-state index contributed by atoms with van der Waals surface area (Å²) >= 11 is 0. The first-order valence-corrected chi connectivity index (χ1v) is 11.4. The second kappa shape index (κ2) is 12.0. The molecule has 0 radical (unpaired) electrons. The Morgan fingerprint density at radius 3 is 2.58 bits per heavy atom. The highest BCUT2D eigenvalue weighted by Crippen LogP contribution is 2.20. The number of morpholine rings is 1. The van der Waals surface area contributed by atoms with Crippen LogP contribution in [-0.4, -0.2) is 69.9 Å². The monoisotopic (exact) mass is 502 g/mol. The van der Waals surface area contributed by atoms with Gasteiger partial charge in [-0.05, 0) is 19.4 Å². The number of rotatable bonds is 9. The Morgan fingerprint density at radius 2 is 1.89 bits per heavy atom. The Bertz CT molecular complexity index is 1130. The summed E-state index contributed by atoms with van der Waals surface area (Å²) in [6.07, 6.45) is 0.995. The average Bonchev–Trinajstić information content (AvgIpc) is 3.45. The molecule has 3 aromatic rings. The summed E-state index contributed by atoms with van der Waals surface area (Å²) in [5.74, 6) is 0.190. The van der Waals surface area contributed by atoms with Crippen molar-refractivity contribution >= 4 is 17.8 Å². The maximum atomic E-state index is 12.7. The van der Waals surface area contributed by atoms with E-state index in [-0.39, 0.29) is 32.4 Å². The van der Waals surface area contributed by atoms with Gasteiger partial charge in [0.25, 0.3) is 0 Å². The number of ether oxygens (including phenoxy) is 3. The lowest BCUT2D eigenvalue weighted by molar-refractivity contribution is -0.126. The minimum Gasteiger partial charge on any atom is -0.443 e. The zero-order valence-corrected chi connectivity index (χ0v) is 19.8. The van der Waals surface area contributed by atoms with Crippen LogP contribution in [-0.2, 0) is 32.2 Å². The molecule has 12 nitrogen and oxygen atoms in total. The number of hydrogen-bond acceptors (Lipinski definition) is 9. The lowest BCUT2D eigenvalue weighted by Gasteiger charge is -2.26. The number of carbonyl (C=O) groups excluding carboxylic acids is 2. The number of nitrogens with two attached hydrogens (primary N) is 1. The predicted molar refractivity (Wildman–Crippen MR) is 130 cm³/mol. The highest BCUT2D eigenvalue weighted by atomic mass is 16.6. The topological polar surface area (TPSA) is 146 Å². The van der Waals surface area contributed by atoms with Crippen molar-refractivity contribution < 1.29 is 28.2 Å². The third-order valence-corrected chi connectivity index (χ3v) is 5.46. The van der Waals surface area contributed by atoms with E-state index in [9.17, 15) is 9.59 Å². The van der Waals surface area contributed by atoms with Gasteiger partial charge in [0.1, 0.15) is 24.6 Å². The maximum Gasteiger partial charge on any atom is 0.410 e. The van der Waals surface area contributed by atoms with Crippen molar-refractivity contribution in [2.75, 3.05) is 32.9 Å².